The van der Waals surface area contributed by atoms with E-state index in [1.807, 2.05) is 6.07 Å². The van der Waals surface area contributed by atoms with E-state index in [0.29, 0.717) is 16.6 Å². The molecule has 0 bridgehead atoms. The minimum absolute atomic E-state index is 0.547. The molecule has 1 saturated carbocycles. The normalized spacial score (nSPS) is 14.1. The minimum Gasteiger partial charge on any atom is -0.363 e. The van der Waals surface area contributed by atoms with Crippen LogP contribution in [0.15, 0.2) is 35.0 Å². The van der Waals surface area contributed by atoms with E-state index in [1.54, 1.807) is 23.5 Å². The van der Waals surface area contributed by atoms with Gasteiger partial charge in [-0.05, 0) is 53.4 Å². The Bertz CT molecular complexity index is 612. The molecular formula is C15H13ClN2S. The highest BCUT2D eigenvalue weighted by Crippen LogP contribution is 2.36. The van der Waals surface area contributed by atoms with E-state index >= 15 is 0 Å². The van der Waals surface area contributed by atoms with Crippen LogP contribution in [0.3, 0.4) is 0 Å². The van der Waals surface area contributed by atoms with Crippen LogP contribution in [0.1, 0.15) is 24.0 Å². The van der Waals surface area contributed by atoms with Crippen molar-refractivity contribution in [3.8, 4) is 6.07 Å². The highest BCUT2D eigenvalue weighted by atomic mass is 35.5. The average molecular weight is 289 g/mol. The maximum Gasteiger partial charge on any atom is 0.101 e. The molecule has 0 radical (unpaired) electrons. The summed E-state index contributed by atoms with van der Waals surface area (Å²) in [5.74, 6) is 0. The summed E-state index contributed by atoms with van der Waals surface area (Å²) >= 11 is 7.80. The van der Waals surface area contributed by atoms with E-state index in [0.717, 1.165) is 12.2 Å². The van der Waals surface area contributed by atoms with E-state index in [2.05, 4.69) is 27.8 Å². The quantitative estimate of drug-likeness (QED) is 0.831. The van der Waals surface area contributed by atoms with E-state index in [-0.39, 0.29) is 0 Å². The minimum atomic E-state index is 0.547. The SMILES string of the molecule is N#Cc1ccc(Cl)cc1N(Cc1ccsc1)C1CC1. The van der Waals surface area contributed by atoms with Gasteiger partial charge >= 0.3 is 0 Å². The van der Waals surface area contributed by atoms with Crippen molar-refractivity contribution in [3.05, 3.63) is 51.2 Å². The van der Waals surface area contributed by atoms with E-state index in [9.17, 15) is 5.26 Å². The van der Waals surface area contributed by atoms with Crippen LogP contribution in [0, 0.1) is 11.3 Å². The lowest BCUT2D eigenvalue weighted by Gasteiger charge is -2.25. The predicted octanol–water partition coefficient (Wildman–Crippen LogP) is 4.44. The molecule has 4 heteroatoms. The van der Waals surface area contributed by atoms with Crippen LogP contribution in [-0.4, -0.2) is 6.04 Å². The maximum absolute atomic E-state index is 9.27. The Morgan fingerprint density at radius 2 is 2.21 bits per heavy atom. The van der Waals surface area contributed by atoms with E-state index in [4.69, 9.17) is 11.6 Å². The largest absolute Gasteiger partial charge is 0.363 e. The molecule has 2 nitrogen and oxygen atoms in total. The first-order chi connectivity index (χ1) is 9.28. The van der Waals surface area contributed by atoms with Crippen LogP contribution in [0.5, 0.6) is 0 Å². The molecule has 2 aromatic rings. The first-order valence-electron chi connectivity index (χ1n) is 6.25. The molecule has 0 N–H and O–H groups in total. The fourth-order valence-corrected chi connectivity index (χ4v) is 3.04. The lowest BCUT2D eigenvalue weighted by atomic mass is 10.1. The highest BCUT2D eigenvalue weighted by Gasteiger charge is 2.30. The van der Waals surface area contributed by atoms with Crippen molar-refractivity contribution in [2.45, 2.75) is 25.4 Å². The molecule has 1 aliphatic rings. The fourth-order valence-electron chi connectivity index (χ4n) is 2.21. The summed E-state index contributed by atoms with van der Waals surface area (Å²) in [6.07, 6.45) is 2.39. The monoisotopic (exact) mass is 288 g/mol. The van der Waals surface area contributed by atoms with E-state index < -0.39 is 0 Å². The van der Waals surface area contributed by atoms with Gasteiger partial charge in [-0.2, -0.15) is 16.6 Å². The van der Waals surface area contributed by atoms with Crippen LogP contribution in [0.4, 0.5) is 5.69 Å². The Labute approximate surface area is 121 Å². The topological polar surface area (TPSA) is 27.0 Å². The predicted molar refractivity (Wildman–Crippen MR) is 79.7 cm³/mol. The zero-order chi connectivity index (χ0) is 13.2. The Hall–Kier alpha value is -1.50. The van der Waals surface area contributed by atoms with Gasteiger partial charge in [0.1, 0.15) is 6.07 Å². The smallest absolute Gasteiger partial charge is 0.101 e. The van der Waals surface area contributed by atoms with Gasteiger partial charge in [0, 0.05) is 17.6 Å². The van der Waals surface area contributed by atoms with Crippen molar-refractivity contribution in [3.63, 3.8) is 0 Å². The number of hydrogen-bond acceptors (Lipinski definition) is 3. The van der Waals surface area contributed by atoms with Crippen LogP contribution in [0.25, 0.3) is 0 Å². The molecule has 3 rings (SSSR count). The summed E-state index contributed by atoms with van der Waals surface area (Å²) in [6, 6.07) is 10.4. The summed E-state index contributed by atoms with van der Waals surface area (Å²) in [5, 5.41) is 14.2. The molecule has 0 amide bonds. The Morgan fingerprint density at radius 3 is 2.84 bits per heavy atom. The molecule has 1 aromatic carbocycles. The van der Waals surface area contributed by atoms with Gasteiger partial charge in [0.05, 0.1) is 11.3 Å². The van der Waals surface area contributed by atoms with Gasteiger partial charge in [0.15, 0.2) is 0 Å². The molecule has 0 atom stereocenters. The highest BCUT2D eigenvalue weighted by molar-refractivity contribution is 7.07. The van der Waals surface area contributed by atoms with Crippen molar-refractivity contribution in [2.24, 2.45) is 0 Å². The third-order valence-corrected chi connectivity index (χ3v) is 4.28. The molecule has 0 unspecified atom stereocenters. The second-order valence-electron chi connectivity index (χ2n) is 4.76. The van der Waals surface area contributed by atoms with Crippen LogP contribution < -0.4 is 4.90 Å². The van der Waals surface area contributed by atoms with Crippen LogP contribution in [-0.2, 0) is 6.54 Å². The molecule has 1 aromatic heterocycles. The maximum atomic E-state index is 9.27. The van der Waals surface area contributed by atoms with Crippen LogP contribution >= 0.6 is 22.9 Å². The Balaban J connectivity index is 1.96. The molecular weight excluding hydrogens is 276 g/mol. The second kappa shape index (κ2) is 5.24. The third kappa shape index (κ3) is 2.75. The van der Waals surface area contributed by atoms with Gasteiger partial charge < -0.3 is 4.90 Å². The second-order valence-corrected chi connectivity index (χ2v) is 5.98. The van der Waals surface area contributed by atoms with Crippen molar-refractivity contribution in [1.82, 2.24) is 0 Å². The first-order valence-corrected chi connectivity index (χ1v) is 7.57. The van der Waals surface area contributed by atoms with Crippen molar-refractivity contribution in [1.29, 1.82) is 5.26 Å². The molecule has 19 heavy (non-hydrogen) atoms. The zero-order valence-corrected chi connectivity index (χ0v) is 11.9. The van der Waals surface area contributed by atoms with Crippen molar-refractivity contribution in [2.75, 3.05) is 4.90 Å². The van der Waals surface area contributed by atoms with Gasteiger partial charge in [0.25, 0.3) is 0 Å². The average Bonchev–Trinajstić information content (AvgIpc) is 3.13. The molecule has 1 heterocycles. The van der Waals surface area contributed by atoms with Crippen molar-refractivity contribution < 1.29 is 0 Å². The third-order valence-electron chi connectivity index (χ3n) is 3.31. The summed E-state index contributed by atoms with van der Waals surface area (Å²) in [4.78, 5) is 2.31. The number of nitriles is 1. The fraction of sp³-hybridized carbons (Fsp3) is 0.267. The van der Waals surface area contributed by atoms with Gasteiger partial charge in [-0.15, -0.1) is 0 Å². The van der Waals surface area contributed by atoms with Gasteiger partial charge in [-0.25, -0.2) is 0 Å². The summed E-state index contributed by atoms with van der Waals surface area (Å²) in [7, 11) is 0. The number of halogens is 1. The van der Waals surface area contributed by atoms with Gasteiger partial charge in [0.2, 0.25) is 0 Å². The first kappa shape index (κ1) is 12.5. The number of hydrogen-bond donors (Lipinski definition) is 0. The number of anilines is 1. The summed E-state index contributed by atoms with van der Waals surface area (Å²) in [5.41, 5.74) is 2.95. The Morgan fingerprint density at radius 1 is 1.37 bits per heavy atom. The molecule has 1 aliphatic carbocycles. The number of rotatable bonds is 4. The molecule has 0 aliphatic heterocycles. The summed E-state index contributed by atoms with van der Waals surface area (Å²) < 4.78 is 0. The molecule has 96 valence electrons. The molecule has 0 saturated heterocycles. The van der Waals surface area contributed by atoms with Gasteiger partial charge in [-0.1, -0.05) is 11.6 Å². The molecule has 0 spiro atoms. The van der Waals surface area contributed by atoms with Crippen molar-refractivity contribution >= 4 is 28.6 Å². The number of benzene rings is 1. The zero-order valence-electron chi connectivity index (χ0n) is 10.3. The standard InChI is InChI=1S/C15H13ClN2S/c16-13-2-1-12(8-17)15(7-13)18(14-3-4-14)9-11-5-6-19-10-11/h1-2,5-7,10,14H,3-4,9H2. The number of thiophene rings is 1. The molecule has 1 fully saturated rings. The summed E-state index contributed by atoms with van der Waals surface area (Å²) in [6.45, 7) is 0.850. The van der Waals surface area contributed by atoms with E-state index in [1.165, 1.54) is 18.4 Å². The van der Waals surface area contributed by atoms with Gasteiger partial charge in [-0.3, -0.25) is 0 Å². The van der Waals surface area contributed by atoms with Crippen LogP contribution in [0.2, 0.25) is 5.02 Å². The Kier molecular flexibility index (Phi) is 3.46. The lowest BCUT2D eigenvalue weighted by molar-refractivity contribution is 0.795. The number of nitrogens with zero attached hydrogens (tertiary/aromatic N) is 2. The lowest BCUT2D eigenvalue weighted by Crippen LogP contribution is -2.25.